The highest BCUT2D eigenvalue weighted by Crippen LogP contribution is 2.33. The first-order valence-electron chi connectivity index (χ1n) is 17.8. The smallest absolute Gasteiger partial charge is 0.187 e. The van der Waals surface area contributed by atoms with Gasteiger partial charge in [0.15, 0.2) is 18.9 Å². The Morgan fingerprint density at radius 1 is 0.698 bits per heavy atom. The summed E-state index contributed by atoms with van der Waals surface area (Å²) in [5.41, 5.74) is 0.932. The van der Waals surface area contributed by atoms with E-state index in [1.807, 2.05) is 29.2 Å². The lowest BCUT2D eigenvalue weighted by Crippen LogP contribution is -2.65. The molecule has 53 heavy (non-hydrogen) atoms. The van der Waals surface area contributed by atoms with E-state index in [1.165, 1.54) is 0 Å². The van der Waals surface area contributed by atoms with Crippen LogP contribution in [0.25, 0.3) is 0 Å². The highest BCUT2D eigenvalue weighted by molar-refractivity contribution is 5.28. The van der Waals surface area contributed by atoms with E-state index in [0.29, 0.717) is 18.8 Å². The molecule has 10 N–H and O–H groups in total. The number of methoxy groups -OCH3 is 1. The average molecular weight is 766 g/mol. The van der Waals surface area contributed by atoms with Gasteiger partial charge < -0.3 is 89.0 Å². The quantitative estimate of drug-likeness (QED) is 0.0853. The Kier molecular flexibility index (Phi) is 15.2. The predicted octanol–water partition coefficient (Wildman–Crippen LogP) is -4.61. The van der Waals surface area contributed by atoms with Crippen molar-refractivity contribution >= 4 is 0 Å². The summed E-state index contributed by atoms with van der Waals surface area (Å²) >= 11 is 0. The lowest BCUT2D eigenvalue weighted by atomic mass is 9.89. The van der Waals surface area contributed by atoms with Crippen molar-refractivity contribution in [2.24, 2.45) is 5.92 Å². The minimum atomic E-state index is -1.80. The molecule has 4 heterocycles. The maximum absolute atomic E-state index is 11.4. The van der Waals surface area contributed by atoms with Crippen molar-refractivity contribution in [3.63, 3.8) is 0 Å². The third kappa shape index (κ3) is 9.82. The molecule has 4 saturated heterocycles. The van der Waals surface area contributed by atoms with Gasteiger partial charge in [-0.1, -0.05) is 26.0 Å². The first-order chi connectivity index (χ1) is 25.3. The fourth-order valence-electron chi connectivity index (χ4n) is 7.07. The monoisotopic (exact) mass is 765 g/mol. The molecule has 4 aliphatic rings. The number of aliphatic hydroxyl groups excluding tert-OH is 10. The Hall–Kier alpha value is -1.70. The minimum Gasteiger partial charge on any atom is -0.497 e. The Labute approximate surface area is 306 Å². The Morgan fingerprint density at radius 3 is 2.02 bits per heavy atom. The average Bonchev–Trinajstić information content (AvgIpc) is 3.15. The molecule has 4 aliphatic heterocycles. The van der Waals surface area contributed by atoms with Gasteiger partial charge in [0.25, 0.3) is 0 Å². The SMILES string of the molecule is COc1cccc(CN2CC(CO)OC(OC3C(O)C(CO)OC(OCC4OC(C(C)C)C(O)C(OC5OC(CO)C(O)C(O)C5O)C4O)C3O)C2)c1. The number of hydrogen-bond acceptors (Lipinski definition) is 19. The maximum atomic E-state index is 11.4. The molecule has 1 aromatic rings. The van der Waals surface area contributed by atoms with Gasteiger partial charge >= 0.3 is 0 Å². The zero-order valence-corrected chi connectivity index (χ0v) is 29.8. The van der Waals surface area contributed by atoms with Crippen LogP contribution in [0.5, 0.6) is 5.75 Å². The van der Waals surface area contributed by atoms with Crippen LogP contribution >= 0.6 is 0 Å². The number of morpholine rings is 1. The molecule has 304 valence electrons. The summed E-state index contributed by atoms with van der Waals surface area (Å²) < 4.78 is 46.0. The topological polar surface area (TPSA) is 279 Å². The second-order valence-electron chi connectivity index (χ2n) is 14.2. The summed E-state index contributed by atoms with van der Waals surface area (Å²) in [6.07, 6.45) is -24.1. The summed E-state index contributed by atoms with van der Waals surface area (Å²) in [4.78, 5) is 1.98. The number of nitrogens with zero attached hydrogens (tertiary/aromatic N) is 1. The fourth-order valence-corrected chi connectivity index (χ4v) is 7.07. The van der Waals surface area contributed by atoms with Crippen molar-refractivity contribution < 1.29 is 89.0 Å². The molecule has 17 atom stereocenters. The minimum absolute atomic E-state index is 0.191. The highest BCUT2D eigenvalue weighted by atomic mass is 16.7. The van der Waals surface area contributed by atoms with Crippen LogP contribution in [0.2, 0.25) is 0 Å². The Bertz CT molecular complexity index is 1260. The maximum Gasteiger partial charge on any atom is 0.187 e. The third-order valence-corrected chi connectivity index (χ3v) is 10.0. The van der Waals surface area contributed by atoms with Crippen LogP contribution in [-0.2, 0) is 39.7 Å². The molecule has 4 fully saturated rings. The highest BCUT2D eigenvalue weighted by Gasteiger charge is 2.52. The molecule has 5 rings (SSSR count). The first-order valence-corrected chi connectivity index (χ1v) is 17.8. The number of benzene rings is 1. The van der Waals surface area contributed by atoms with Crippen LogP contribution in [-0.4, -0.2) is 207 Å². The van der Waals surface area contributed by atoms with E-state index >= 15 is 0 Å². The summed E-state index contributed by atoms with van der Waals surface area (Å²) in [7, 11) is 1.57. The van der Waals surface area contributed by atoms with Crippen LogP contribution in [0, 0.1) is 5.92 Å². The standard InChI is InChI=1S/C34H55NO18/c1-15(2)30-28(44)31(53-34-27(43)26(42)23(39)19(12-37)51-34)25(41)21(49-30)14-47-33-29(45)32(24(40)20(13-38)50-33)52-22-10-35(9-18(11-36)48-22)8-16-5-4-6-17(7-16)46-3/h4-7,15,18-34,36-45H,8-14H2,1-3H3. The van der Waals surface area contributed by atoms with Crippen molar-refractivity contribution in [3.8, 4) is 5.75 Å². The van der Waals surface area contributed by atoms with Crippen LogP contribution < -0.4 is 4.74 Å². The molecule has 0 bridgehead atoms. The number of aliphatic hydroxyl groups is 10. The zero-order chi connectivity index (χ0) is 38.6. The van der Waals surface area contributed by atoms with Crippen molar-refractivity contribution in [3.05, 3.63) is 29.8 Å². The predicted molar refractivity (Wildman–Crippen MR) is 177 cm³/mol. The van der Waals surface area contributed by atoms with Crippen molar-refractivity contribution in [2.75, 3.05) is 46.6 Å². The summed E-state index contributed by atoms with van der Waals surface area (Å²) in [6, 6.07) is 7.46. The fraction of sp³-hybridized carbons (Fsp3) is 0.824. The van der Waals surface area contributed by atoms with Gasteiger partial charge in [0, 0.05) is 19.6 Å². The van der Waals surface area contributed by atoms with Crippen LogP contribution in [0.15, 0.2) is 24.3 Å². The third-order valence-electron chi connectivity index (χ3n) is 10.0. The van der Waals surface area contributed by atoms with Gasteiger partial charge in [0.05, 0.1) is 45.7 Å². The number of hydrogen-bond donors (Lipinski definition) is 10. The van der Waals surface area contributed by atoms with Crippen molar-refractivity contribution in [1.82, 2.24) is 4.90 Å². The molecule has 19 heteroatoms. The van der Waals surface area contributed by atoms with E-state index in [4.69, 9.17) is 37.9 Å². The largest absolute Gasteiger partial charge is 0.497 e. The van der Waals surface area contributed by atoms with E-state index in [2.05, 4.69) is 0 Å². The Morgan fingerprint density at radius 2 is 1.36 bits per heavy atom. The van der Waals surface area contributed by atoms with Crippen LogP contribution in [0.3, 0.4) is 0 Å². The van der Waals surface area contributed by atoms with Gasteiger partial charge in [0.2, 0.25) is 0 Å². The number of ether oxygens (including phenoxy) is 8. The molecule has 0 spiro atoms. The number of rotatable bonds is 14. The zero-order valence-electron chi connectivity index (χ0n) is 29.8. The summed E-state index contributed by atoms with van der Waals surface area (Å²) in [5, 5.41) is 105. The molecule has 19 nitrogen and oxygen atoms in total. The normalized spacial score (nSPS) is 42.9. The molecule has 0 aliphatic carbocycles. The van der Waals surface area contributed by atoms with Gasteiger partial charge in [-0.25, -0.2) is 0 Å². The first kappa shape index (κ1) is 42.4. The van der Waals surface area contributed by atoms with E-state index in [1.54, 1.807) is 21.0 Å². The van der Waals surface area contributed by atoms with Gasteiger partial charge in [-0.2, -0.15) is 0 Å². The van der Waals surface area contributed by atoms with Gasteiger partial charge in [-0.15, -0.1) is 0 Å². The van der Waals surface area contributed by atoms with Crippen molar-refractivity contribution in [1.29, 1.82) is 0 Å². The molecule has 0 saturated carbocycles. The van der Waals surface area contributed by atoms with E-state index < -0.39 is 124 Å². The molecule has 17 unspecified atom stereocenters. The molecule has 0 amide bonds. The summed E-state index contributed by atoms with van der Waals surface area (Å²) in [6.45, 7) is 2.30. The molecule has 0 aromatic heterocycles. The summed E-state index contributed by atoms with van der Waals surface area (Å²) in [5.74, 6) is 0.335. The Balaban J connectivity index is 1.26. The van der Waals surface area contributed by atoms with E-state index in [9.17, 15) is 51.1 Å². The van der Waals surface area contributed by atoms with Crippen LogP contribution in [0.1, 0.15) is 19.4 Å². The van der Waals surface area contributed by atoms with Gasteiger partial charge in [0.1, 0.15) is 79.0 Å². The molecule has 1 aromatic carbocycles. The second-order valence-corrected chi connectivity index (χ2v) is 14.2. The van der Waals surface area contributed by atoms with Crippen molar-refractivity contribution in [2.45, 2.75) is 125 Å². The van der Waals surface area contributed by atoms with Crippen LogP contribution in [0.4, 0.5) is 0 Å². The lowest BCUT2D eigenvalue weighted by Gasteiger charge is -2.48. The molecule has 0 radical (unpaired) electrons. The van der Waals surface area contributed by atoms with E-state index in [-0.39, 0.29) is 19.1 Å². The van der Waals surface area contributed by atoms with E-state index in [0.717, 1.165) is 5.56 Å². The lowest BCUT2D eigenvalue weighted by molar-refractivity contribution is -0.354. The van der Waals surface area contributed by atoms with Gasteiger partial charge in [-0.05, 0) is 23.6 Å². The van der Waals surface area contributed by atoms with Gasteiger partial charge in [-0.3, -0.25) is 4.90 Å². The molecular formula is C34H55NO18. The molecular weight excluding hydrogens is 710 g/mol. The second kappa shape index (κ2) is 19.0.